The lowest BCUT2D eigenvalue weighted by Crippen LogP contribution is -2.46. The van der Waals surface area contributed by atoms with Crippen molar-refractivity contribution in [1.29, 1.82) is 0 Å². The Morgan fingerprint density at radius 2 is 1.52 bits per heavy atom. The van der Waals surface area contributed by atoms with Crippen molar-refractivity contribution in [3.63, 3.8) is 0 Å². The molecule has 0 radical (unpaired) electrons. The van der Waals surface area contributed by atoms with Gasteiger partial charge in [0.25, 0.3) is 0 Å². The molecule has 1 aromatic carbocycles. The maximum Gasteiger partial charge on any atom is 0.323 e. The van der Waals surface area contributed by atoms with Crippen LogP contribution in [-0.4, -0.2) is 30.9 Å². The first-order chi connectivity index (χ1) is 12.9. The summed E-state index contributed by atoms with van der Waals surface area (Å²) >= 11 is 0. The Labute approximate surface area is 160 Å². The summed E-state index contributed by atoms with van der Waals surface area (Å²) in [5, 5.41) is 0. The molecule has 0 saturated carbocycles. The van der Waals surface area contributed by atoms with Crippen LogP contribution in [0.1, 0.15) is 72.6 Å². The van der Waals surface area contributed by atoms with Gasteiger partial charge in [-0.1, -0.05) is 0 Å². The van der Waals surface area contributed by atoms with E-state index in [-0.39, 0.29) is 25.4 Å². The van der Waals surface area contributed by atoms with Gasteiger partial charge in [0.15, 0.2) is 11.2 Å². The Balaban J connectivity index is 2.10. The van der Waals surface area contributed by atoms with Crippen LogP contribution in [0.3, 0.4) is 0 Å². The number of Topliss-reactive ketones (excluding diaryl/α,β-unsaturated/α-hetero) is 1. The van der Waals surface area contributed by atoms with Crippen LogP contribution in [0.25, 0.3) is 0 Å². The van der Waals surface area contributed by atoms with Crippen LogP contribution in [-0.2, 0) is 44.7 Å². The van der Waals surface area contributed by atoms with Gasteiger partial charge in [-0.05, 0) is 94.0 Å². The van der Waals surface area contributed by atoms with Crippen LogP contribution >= 0.6 is 0 Å². The van der Waals surface area contributed by atoms with Gasteiger partial charge in [0.2, 0.25) is 0 Å². The Bertz CT molecular complexity index is 759. The third-order valence-corrected chi connectivity index (χ3v) is 5.87. The molecule has 0 fully saturated rings. The maximum atomic E-state index is 12.8. The molecule has 3 rings (SSSR count). The lowest BCUT2D eigenvalue weighted by molar-refractivity contribution is -0.173. The van der Waals surface area contributed by atoms with E-state index in [0.717, 1.165) is 36.8 Å². The summed E-state index contributed by atoms with van der Waals surface area (Å²) in [6.07, 6.45) is 5.37. The van der Waals surface area contributed by atoms with Gasteiger partial charge in [0.1, 0.15) is 0 Å². The monoisotopic (exact) mass is 372 g/mol. The van der Waals surface area contributed by atoms with Gasteiger partial charge < -0.3 is 9.47 Å². The van der Waals surface area contributed by atoms with Crippen molar-refractivity contribution in [3.8, 4) is 0 Å². The zero-order chi connectivity index (χ0) is 19.6. The van der Waals surface area contributed by atoms with Gasteiger partial charge in [0.05, 0.1) is 13.2 Å². The lowest BCUT2D eigenvalue weighted by Gasteiger charge is -2.36. The number of benzene rings is 1. The molecule has 2 aliphatic rings. The van der Waals surface area contributed by atoms with Gasteiger partial charge >= 0.3 is 11.9 Å². The van der Waals surface area contributed by atoms with Crippen molar-refractivity contribution in [2.24, 2.45) is 5.41 Å². The van der Waals surface area contributed by atoms with Crippen LogP contribution in [0, 0.1) is 5.41 Å². The minimum Gasteiger partial charge on any atom is -0.465 e. The molecule has 0 heterocycles. The van der Waals surface area contributed by atoms with E-state index >= 15 is 0 Å². The minimum absolute atomic E-state index is 0.0411. The van der Waals surface area contributed by atoms with E-state index in [1.54, 1.807) is 20.8 Å². The standard InChI is InChI=1S/C22H28O5/c1-4-26-20(24)22(21(25)27-5-2)11-10-16-15(13-22)12-19(14(3)23)18-9-7-6-8-17(16)18/h12H,4-11,13H2,1-3H3. The fraction of sp³-hybridized carbons (Fsp3) is 0.591. The highest BCUT2D eigenvalue weighted by atomic mass is 16.6. The van der Waals surface area contributed by atoms with Crippen LogP contribution in [0.15, 0.2) is 6.07 Å². The van der Waals surface area contributed by atoms with Gasteiger partial charge in [-0.15, -0.1) is 0 Å². The second-order valence-corrected chi connectivity index (χ2v) is 7.48. The molecule has 0 bridgehead atoms. The second kappa shape index (κ2) is 7.83. The molecule has 0 amide bonds. The number of ether oxygens (including phenoxy) is 2. The van der Waals surface area contributed by atoms with Crippen LogP contribution in [0.2, 0.25) is 0 Å². The largest absolute Gasteiger partial charge is 0.465 e. The van der Waals surface area contributed by atoms with E-state index in [1.807, 2.05) is 6.07 Å². The van der Waals surface area contributed by atoms with Crippen molar-refractivity contribution in [2.75, 3.05) is 13.2 Å². The highest BCUT2D eigenvalue weighted by Crippen LogP contribution is 2.42. The van der Waals surface area contributed by atoms with Crippen molar-refractivity contribution in [3.05, 3.63) is 33.9 Å². The van der Waals surface area contributed by atoms with Crippen LogP contribution in [0.5, 0.6) is 0 Å². The Kier molecular flexibility index (Phi) is 5.68. The summed E-state index contributed by atoms with van der Waals surface area (Å²) in [5.74, 6) is -0.994. The number of esters is 2. The van der Waals surface area contributed by atoms with Gasteiger partial charge in [-0.2, -0.15) is 0 Å². The Morgan fingerprint density at radius 3 is 2.07 bits per heavy atom. The van der Waals surface area contributed by atoms with E-state index in [1.165, 1.54) is 16.7 Å². The summed E-state index contributed by atoms with van der Waals surface area (Å²) in [7, 11) is 0. The van der Waals surface area contributed by atoms with Gasteiger partial charge in [-0.3, -0.25) is 14.4 Å². The predicted molar refractivity (Wildman–Crippen MR) is 101 cm³/mol. The third-order valence-electron chi connectivity index (χ3n) is 5.87. The average molecular weight is 372 g/mol. The normalized spacial score (nSPS) is 17.4. The van der Waals surface area contributed by atoms with Gasteiger partial charge in [0, 0.05) is 5.56 Å². The third kappa shape index (κ3) is 3.40. The molecule has 0 aromatic heterocycles. The predicted octanol–water partition coefficient (Wildman–Crippen LogP) is 3.37. The highest BCUT2D eigenvalue weighted by Gasteiger charge is 2.51. The van der Waals surface area contributed by atoms with E-state index < -0.39 is 17.4 Å². The number of hydrogen-bond donors (Lipinski definition) is 0. The smallest absolute Gasteiger partial charge is 0.323 e. The zero-order valence-electron chi connectivity index (χ0n) is 16.5. The van der Waals surface area contributed by atoms with E-state index in [9.17, 15) is 14.4 Å². The average Bonchev–Trinajstić information content (AvgIpc) is 2.67. The molecule has 0 N–H and O–H groups in total. The maximum absolute atomic E-state index is 12.8. The van der Waals surface area contributed by atoms with Gasteiger partial charge in [-0.25, -0.2) is 0 Å². The summed E-state index contributed by atoms with van der Waals surface area (Å²) < 4.78 is 10.5. The van der Waals surface area contributed by atoms with Crippen molar-refractivity contribution >= 4 is 17.7 Å². The molecule has 0 spiro atoms. The quantitative estimate of drug-likeness (QED) is 0.450. The molecule has 146 valence electrons. The van der Waals surface area contributed by atoms with E-state index in [2.05, 4.69) is 0 Å². The topological polar surface area (TPSA) is 69.7 Å². The van der Waals surface area contributed by atoms with E-state index in [0.29, 0.717) is 12.8 Å². The number of carbonyl (C=O) groups excluding carboxylic acids is 3. The second-order valence-electron chi connectivity index (χ2n) is 7.48. The molecule has 5 heteroatoms. The Morgan fingerprint density at radius 1 is 0.926 bits per heavy atom. The fourth-order valence-electron chi connectivity index (χ4n) is 4.58. The Hall–Kier alpha value is -2.17. The molecule has 27 heavy (non-hydrogen) atoms. The number of hydrogen-bond acceptors (Lipinski definition) is 5. The zero-order valence-corrected chi connectivity index (χ0v) is 16.5. The summed E-state index contributed by atoms with van der Waals surface area (Å²) in [5.41, 5.74) is 4.02. The molecule has 0 saturated heterocycles. The van der Waals surface area contributed by atoms with Crippen molar-refractivity contribution in [1.82, 2.24) is 0 Å². The van der Waals surface area contributed by atoms with Crippen molar-refractivity contribution < 1.29 is 23.9 Å². The summed E-state index contributed by atoms with van der Waals surface area (Å²) in [6, 6.07) is 1.91. The summed E-state index contributed by atoms with van der Waals surface area (Å²) in [4.78, 5) is 37.8. The van der Waals surface area contributed by atoms with Crippen LogP contribution < -0.4 is 0 Å². The number of rotatable bonds is 5. The van der Waals surface area contributed by atoms with E-state index in [4.69, 9.17) is 9.47 Å². The number of carbonyl (C=O) groups is 3. The molecular weight excluding hydrogens is 344 g/mol. The first-order valence-corrected chi connectivity index (χ1v) is 9.96. The SMILES string of the molecule is CCOC(=O)C1(C(=O)OCC)CCc2c(cc(C(C)=O)c3c2CCCC3)C1. The molecule has 1 aromatic rings. The number of fused-ring (bicyclic) bond motifs is 3. The number of ketones is 1. The molecule has 5 nitrogen and oxygen atoms in total. The minimum atomic E-state index is -1.31. The highest BCUT2D eigenvalue weighted by molar-refractivity contribution is 6.01. The molecular formula is C22H28O5. The fourth-order valence-corrected chi connectivity index (χ4v) is 4.58. The van der Waals surface area contributed by atoms with Crippen molar-refractivity contribution in [2.45, 2.75) is 65.7 Å². The molecule has 0 unspecified atom stereocenters. The first kappa shape index (κ1) is 19.6. The van der Waals surface area contributed by atoms with Crippen LogP contribution in [0.4, 0.5) is 0 Å². The molecule has 2 aliphatic carbocycles. The molecule has 0 atom stereocenters. The summed E-state index contributed by atoms with van der Waals surface area (Å²) in [6.45, 7) is 5.49. The molecule has 0 aliphatic heterocycles. The first-order valence-electron chi connectivity index (χ1n) is 9.96. The lowest BCUT2D eigenvalue weighted by atomic mass is 9.68.